The first-order chi connectivity index (χ1) is 12.5. The van der Waals surface area contributed by atoms with Crippen LogP contribution in [0.1, 0.15) is 24.2 Å². The quantitative estimate of drug-likeness (QED) is 0.784. The Bertz CT molecular complexity index is 974. The lowest BCUT2D eigenvalue weighted by atomic mass is 10.1. The molecule has 4 rings (SSSR count). The van der Waals surface area contributed by atoms with Crippen LogP contribution in [0.25, 0.3) is 17.1 Å². The van der Waals surface area contributed by atoms with Crippen molar-refractivity contribution < 1.29 is 9.18 Å². The van der Waals surface area contributed by atoms with Crippen LogP contribution in [0.4, 0.5) is 4.39 Å². The van der Waals surface area contributed by atoms with E-state index in [1.165, 1.54) is 12.1 Å². The Labute approximate surface area is 150 Å². The molecule has 1 fully saturated rings. The Kier molecular flexibility index (Phi) is 4.06. The van der Waals surface area contributed by atoms with Gasteiger partial charge in [0, 0.05) is 42.7 Å². The molecule has 1 atom stereocenters. The Balaban J connectivity index is 1.77. The zero-order valence-corrected chi connectivity index (χ0v) is 14.7. The van der Waals surface area contributed by atoms with Crippen molar-refractivity contribution in [2.24, 2.45) is 0 Å². The van der Waals surface area contributed by atoms with Gasteiger partial charge in [0.2, 0.25) is 5.91 Å². The molecule has 3 aromatic rings. The highest BCUT2D eigenvalue weighted by molar-refractivity contribution is 5.78. The van der Waals surface area contributed by atoms with Crippen molar-refractivity contribution in [3.05, 3.63) is 53.9 Å². The second-order valence-corrected chi connectivity index (χ2v) is 6.71. The second kappa shape index (κ2) is 6.40. The maximum Gasteiger partial charge on any atom is 0.220 e. The molecule has 0 saturated carbocycles. The molecule has 1 aliphatic heterocycles. The zero-order valence-electron chi connectivity index (χ0n) is 14.7. The first kappa shape index (κ1) is 16.5. The molecule has 1 saturated heterocycles. The fourth-order valence-electron chi connectivity index (χ4n) is 3.50. The van der Waals surface area contributed by atoms with Crippen molar-refractivity contribution in [2.75, 3.05) is 0 Å². The Morgan fingerprint density at radius 3 is 2.85 bits per heavy atom. The molecule has 2 aromatic heterocycles. The predicted molar refractivity (Wildman–Crippen MR) is 95.4 cm³/mol. The lowest BCUT2D eigenvalue weighted by molar-refractivity contribution is -0.119. The molecule has 0 aliphatic carbocycles. The van der Waals surface area contributed by atoms with Gasteiger partial charge >= 0.3 is 0 Å². The molecule has 26 heavy (non-hydrogen) atoms. The highest BCUT2D eigenvalue weighted by Crippen LogP contribution is 2.28. The maximum atomic E-state index is 14.0. The Hall–Kier alpha value is -2.96. The van der Waals surface area contributed by atoms with E-state index < -0.39 is 0 Å². The summed E-state index contributed by atoms with van der Waals surface area (Å²) in [5.74, 6) is 0.410. The minimum Gasteiger partial charge on any atom is -0.352 e. The molecule has 0 spiro atoms. The van der Waals surface area contributed by atoms with Crippen LogP contribution in [0.2, 0.25) is 0 Å². The molecular formula is C19H20FN5O. The fourth-order valence-corrected chi connectivity index (χ4v) is 3.50. The van der Waals surface area contributed by atoms with E-state index in [4.69, 9.17) is 0 Å². The zero-order chi connectivity index (χ0) is 18.3. The maximum absolute atomic E-state index is 14.0. The molecule has 1 aromatic carbocycles. The van der Waals surface area contributed by atoms with E-state index in [-0.39, 0.29) is 17.8 Å². The number of carbonyl (C=O) groups excluding carboxylic acids is 1. The molecule has 6 nitrogen and oxygen atoms in total. The number of hydrogen-bond acceptors (Lipinski definition) is 3. The van der Waals surface area contributed by atoms with Crippen LogP contribution in [0.5, 0.6) is 0 Å². The first-order valence-corrected chi connectivity index (χ1v) is 8.65. The average Bonchev–Trinajstić information content (AvgIpc) is 3.29. The molecule has 1 aliphatic rings. The lowest BCUT2D eigenvalue weighted by Crippen LogP contribution is -2.29. The van der Waals surface area contributed by atoms with E-state index >= 15 is 0 Å². The van der Waals surface area contributed by atoms with Gasteiger partial charge in [0.1, 0.15) is 11.6 Å². The summed E-state index contributed by atoms with van der Waals surface area (Å²) in [6, 6.07) is 6.69. The number of amides is 1. The second-order valence-electron chi connectivity index (χ2n) is 6.71. The molecule has 134 valence electrons. The number of carbonyl (C=O) groups is 1. The van der Waals surface area contributed by atoms with Crippen molar-refractivity contribution in [3.63, 3.8) is 0 Å². The van der Waals surface area contributed by atoms with Crippen molar-refractivity contribution in [1.82, 2.24) is 24.6 Å². The number of aromatic nitrogens is 4. The number of halogens is 1. The summed E-state index contributed by atoms with van der Waals surface area (Å²) in [5, 5.41) is 7.49. The van der Waals surface area contributed by atoms with Crippen molar-refractivity contribution >= 4 is 5.91 Å². The number of imidazole rings is 1. The lowest BCUT2D eigenvalue weighted by Gasteiger charge is -2.16. The normalized spacial score (nSPS) is 16.9. The highest BCUT2D eigenvalue weighted by Gasteiger charge is 2.23. The number of nitrogens with one attached hydrogen (secondary N) is 1. The van der Waals surface area contributed by atoms with E-state index in [1.807, 2.05) is 30.7 Å². The Morgan fingerprint density at radius 2 is 2.15 bits per heavy atom. The van der Waals surface area contributed by atoms with Gasteiger partial charge in [-0.15, -0.1) is 0 Å². The topological polar surface area (TPSA) is 64.7 Å². The molecule has 0 bridgehead atoms. The molecule has 1 unspecified atom stereocenters. The van der Waals surface area contributed by atoms with Crippen LogP contribution in [0.3, 0.4) is 0 Å². The van der Waals surface area contributed by atoms with Gasteiger partial charge in [-0.2, -0.15) is 5.10 Å². The van der Waals surface area contributed by atoms with Crippen LogP contribution in [0.15, 0.2) is 36.7 Å². The van der Waals surface area contributed by atoms with Crippen molar-refractivity contribution in [2.45, 2.75) is 39.3 Å². The van der Waals surface area contributed by atoms with Crippen molar-refractivity contribution in [3.8, 4) is 17.1 Å². The minimum atomic E-state index is -0.325. The van der Waals surface area contributed by atoms with Crippen LogP contribution in [0, 0.1) is 19.7 Å². The van der Waals surface area contributed by atoms with Crippen molar-refractivity contribution in [1.29, 1.82) is 0 Å². The van der Waals surface area contributed by atoms with E-state index in [2.05, 4.69) is 15.4 Å². The molecule has 0 radical (unpaired) electrons. The monoisotopic (exact) mass is 353 g/mol. The van der Waals surface area contributed by atoms with Crippen LogP contribution < -0.4 is 5.32 Å². The average molecular weight is 353 g/mol. The summed E-state index contributed by atoms with van der Waals surface area (Å²) >= 11 is 0. The van der Waals surface area contributed by atoms with E-state index in [9.17, 15) is 9.18 Å². The third kappa shape index (κ3) is 3.00. The number of aryl methyl sites for hydroxylation is 2. The summed E-state index contributed by atoms with van der Waals surface area (Å²) in [6.45, 7) is 4.50. The summed E-state index contributed by atoms with van der Waals surface area (Å²) in [6.07, 6.45) is 4.90. The Morgan fingerprint density at radius 1 is 1.31 bits per heavy atom. The van der Waals surface area contributed by atoms with E-state index in [0.717, 1.165) is 23.5 Å². The predicted octanol–water partition coefficient (Wildman–Crippen LogP) is 2.77. The highest BCUT2D eigenvalue weighted by atomic mass is 19.1. The minimum absolute atomic E-state index is 0.0705. The van der Waals surface area contributed by atoms with Gasteiger partial charge in [0.15, 0.2) is 0 Å². The third-order valence-corrected chi connectivity index (χ3v) is 4.65. The van der Waals surface area contributed by atoms with Gasteiger partial charge in [-0.05, 0) is 44.5 Å². The number of hydrogen-bond donors (Lipinski definition) is 1. The van der Waals surface area contributed by atoms with Gasteiger partial charge in [-0.3, -0.25) is 4.79 Å². The smallest absolute Gasteiger partial charge is 0.220 e. The molecule has 3 heterocycles. The standard InChI is InChI=1S/C19H20FN5O/c1-12-9-13(2)25(23-12)17-5-3-14(20)10-16(17)19-21-7-8-24(19)11-15-4-6-18(26)22-15/h3,5,7-10,15H,4,6,11H2,1-2H3,(H,22,26). The van der Waals surface area contributed by atoms with Gasteiger partial charge in [0.05, 0.1) is 11.4 Å². The molecule has 1 N–H and O–H groups in total. The number of benzene rings is 1. The largest absolute Gasteiger partial charge is 0.352 e. The fraction of sp³-hybridized carbons (Fsp3) is 0.316. The summed E-state index contributed by atoms with van der Waals surface area (Å²) < 4.78 is 17.8. The van der Waals surface area contributed by atoms with Gasteiger partial charge in [-0.25, -0.2) is 14.1 Å². The SMILES string of the molecule is Cc1cc(C)n(-c2ccc(F)cc2-c2nccn2CC2CCC(=O)N2)n1. The first-order valence-electron chi connectivity index (χ1n) is 8.65. The van der Waals surface area contributed by atoms with Gasteiger partial charge < -0.3 is 9.88 Å². The summed E-state index contributed by atoms with van der Waals surface area (Å²) in [4.78, 5) is 15.9. The molecule has 7 heteroatoms. The molecule has 1 amide bonds. The summed E-state index contributed by atoms with van der Waals surface area (Å²) in [7, 11) is 0. The van der Waals surface area contributed by atoms with E-state index in [0.29, 0.717) is 24.4 Å². The van der Waals surface area contributed by atoms with E-state index in [1.54, 1.807) is 16.9 Å². The van der Waals surface area contributed by atoms with Gasteiger partial charge in [-0.1, -0.05) is 0 Å². The summed E-state index contributed by atoms with van der Waals surface area (Å²) in [5.41, 5.74) is 3.32. The third-order valence-electron chi connectivity index (χ3n) is 4.65. The molecular weight excluding hydrogens is 333 g/mol. The van der Waals surface area contributed by atoms with Gasteiger partial charge in [0.25, 0.3) is 0 Å². The number of rotatable bonds is 4. The number of nitrogens with zero attached hydrogens (tertiary/aromatic N) is 4. The van der Waals surface area contributed by atoms with Crippen LogP contribution in [-0.4, -0.2) is 31.3 Å². The van der Waals surface area contributed by atoms with Crippen LogP contribution in [-0.2, 0) is 11.3 Å². The van der Waals surface area contributed by atoms with Crippen LogP contribution >= 0.6 is 0 Å².